The zero-order chi connectivity index (χ0) is 16.0. The van der Waals surface area contributed by atoms with E-state index in [1.807, 2.05) is 28.8 Å². The Morgan fingerprint density at radius 1 is 1.52 bits per heavy atom. The number of non-ortho nitro benzene ring substituents is 1. The van der Waals surface area contributed by atoms with Crippen molar-refractivity contribution >= 4 is 51.9 Å². The highest BCUT2D eigenvalue weighted by molar-refractivity contribution is 14.1. The molecule has 0 unspecified atom stereocenters. The number of aliphatic carboxylic acids is 1. The number of carbonyl (C=O) groups excluding carboxylic acids is 1. The minimum absolute atomic E-state index is 0.0974. The Hall–Kier alpha value is -1.36. The SMILES string of the molecule is CSCC[C@H](NC(=O)c1cc([N+](=O)[O-])ccc1I)C(=O)O. The van der Waals surface area contributed by atoms with Crippen molar-refractivity contribution in [2.45, 2.75) is 12.5 Å². The number of nitrogens with zero attached hydrogens (tertiary/aromatic N) is 1. The lowest BCUT2D eigenvalue weighted by molar-refractivity contribution is -0.384. The Balaban J connectivity index is 2.94. The summed E-state index contributed by atoms with van der Waals surface area (Å²) in [6, 6.07) is 2.87. The van der Waals surface area contributed by atoms with Crippen molar-refractivity contribution in [3.63, 3.8) is 0 Å². The van der Waals surface area contributed by atoms with E-state index in [0.717, 1.165) is 6.07 Å². The fourth-order valence-electron chi connectivity index (χ4n) is 1.53. The molecule has 1 aromatic rings. The van der Waals surface area contributed by atoms with Gasteiger partial charge in [-0.1, -0.05) is 0 Å². The van der Waals surface area contributed by atoms with Crippen molar-refractivity contribution in [1.82, 2.24) is 5.32 Å². The van der Waals surface area contributed by atoms with Gasteiger partial charge in [-0.05, 0) is 47.1 Å². The van der Waals surface area contributed by atoms with Crippen molar-refractivity contribution in [2.75, 3.05) is 12.0 Å². The fourth-order valence-corrected chi connectivity index (χ4v) is 2.58. The Morgan fingerprint density at radius 2 is 2.19 bits per heavy atom. The lowest BCUT2D eigenvalue weighted by Gasteiger charge is -2.14. The van der Waals surface area contributed by atoms with Gasteiger partial charge < -0.3 is 10.4 Å². The highest BCUT2D eigenvalue weighted by Gasteiger charge is 2.22. The Kier molecular flexibility index (Phi) is 6.89. The van der Waals surface area contributed by atoms with Crippen molar-refractivity contribution in [3.8, 4) is 0 Å². The molecule has 7 nitrogen and oxygen atoms in total. The third kappa shape index (κ3) is 5.16. The highest BCUT2D eigenvalue weighted by Crippen LogP contribution is 2.19. The minimum Gasteiger partial charge on any atom is -0.480 e. The number of carboxylic acids is 1. The normalized spacial score (nSPS) is 11.7. The van der Waals surface area contributed by atoms with Gasteiger partial charge in [0.15, 0.2) is 0 Å². The molecule has 1 atom stereocenters. The summed E-state index contributed by atoms with van der Waals surface area (Å²) in [5, 5.41) is 22.2. The third-order valence-corrected chi connectivity index (χ3v) is 4.20. The van der Waals surface area contributed by atoms with Gasteiger partial charge in [-0.2, -0.15) is 11.8 Å². The first-order valence-corrected chi connectivity index (χ1v) is 8.30. The number of nitrogens with one attached hydrogen (secondary N) is 1. The van der Waals surface area contributed by atoms with E-state index in [1.54, 1.807) is 0 Å². The second-order valence-corrected chi connectivity index (χ2v) is 6.21. The number of carboxylic acid groups (broad SMARTS) is 1. The molecule has 1 rings (SSSR count). The van der Waals surface area contributed by atoms with Crippen molar-refractivity contribution < 1.29 is 19.6 Å². The van der Waals surface area contributed by atoms with Gasteiger partial charge >= 0.3 is 5.97 Å². The van der Waals surface area contributed by atoms with Crippen molar-refractivity contribution in [1.29, 1.82) is 0 Å². The number of nitro benzene ring substituents is 1. The number of benzene rings is 1. The number of rotatable bonds is 7. The van der Waals surface area contributed by atoms with Gasteiger partial charge in [0.1, 0.15) is 6.04 Å². The lowest BCUT2D eigenvalue weighted by Crippen LogP contribution is -2.41. The quantitative estimate of drug-likeness (QED) is 0.394. The molecule has 2 N–H and O–H groups in total. The largest absolute Gasteiger partial charge is 0.480 e. The average molecular weight is 424 g/mol. The number of nitro groups is 1. The van der Waals surface area contributed by atoms with Gasteiger partial charge in [0.2, 0.25) is 0 Å². The molecule has 9 heteroatoms. The van der Waals surface area contributed by atoms with E-state index < -0.39 is 22.8 Å². The average Bonchev–Trinajstić information content (AvgIpc) is 2.42. The first kappa shape index (κ1) is 17.7. The second-order valence-electron chi connectivity index (χ2n) is 4.07. The molecule has 0 bridgehead atoms. The van der Waals surface area contributed by atoms with Crippen LogP contribution in [0.2, 0.25) is 0 Å². The first-order chi connectivity index (χ1) is 9.86. The molecule has 0 aliphatic carbocycles. The van der Waals surface area contributed by atoms with Crippen LogP contribution in [0, 0.1) is 13.7 Å². The molecule has 0 spiro atoms. The zero-order valence-corrected chi connectivity index (χ0v) is 14.0. The smallest absolute Gasteiger partial charge is 0.326 e. The molecule has 0 saturated heterocycles. The summed E-state index contributed by atoms with van der Waals surface area (Å²) in [6.07, 6.45) is 2.12. The maximum absolute atomic E-state index is 12.1. The van der Waals surface area contributed by atoms with E-state index in [4.69, 9.17) is 5.11 Å². The summed E-state index contributed by atoms with van der Waals surface area (Å²) in [5.41, 5.74) is -0.114. The Labute approximate surface area is 138 Å². The number of thioether (sulfide) groups is 1. The summed E-state index contributed by atoms with van der Waals surface area (Å²) >= 11 is 3.35. The van der Waals surface area contributed by atoms with Crippen LogP contribution in [0.15, 0.2) is 18.2 Å². The summed E-state index contributed by atoms with van der Waals surface area (Å²) in [7, 11) is 0. The summed E-state index contributed by atoms with van der Waals surface area (Å²) < 4.78 is 0.518. The molecular formula is C12H13IN2O5S. The van der Waals surface area contributed by atoms with Crippen LogP contribution in [0.5, 0.6) is 0 Å². The number of hydrogen-bond donors (Lipinski definition) is 2. The van der Waals surface area contributed by atoms with Gasteiger partial charge in [0, 0.05) is 15.7 Å². The number of carbonyl (C=O) groups is 2. The van der Waals surface area contributed by atoms with Crippen LogP contribution in [0.1, 0.15) is 16.8 Å². The van der Waals surface area contributed by atoms with Crippen LogP contribution in [0.3, 0.4) is 0 Å². The lowest BCUT2D eigenvalue weighted by atomic mass is 10.1. The van der Waals surface area contributed by atoms with Gasteiger partial charge in [0.05, 0.1) is 10.5 Å². The molecular weight excluding hydrogens is 411 g/mol. The third-order valence-electron chi connectivity index (χ3n) is 2.62. The van der Waals surface area contributed by atoms with Crippen LogP contribution < -0.4 is 5.32 Å². The van der Waals surface area contributed by atoms with Gasteiger partial charge in [-0.25, -0.2) is 4.79 Å². The zero-order valence-electron chi connectivity index (χ0n) is 11.0. The predicted molar refractivity (Wildman–Crippen MR) is 87.7 cm³/mol. The van der Waals surface area contributed by atoms with Gasteiger partial charge in [-0.3, -0.25) is 14.9 Å². The molecule has 0 aliphatic heterocycles. The van der Waals surface area contributed by atoms with Crippen molar-refractivity contribution in [3.05, 3.63) is 37.4 Å². The Bertz CT molecular complexity index is 567. The van der Waals surface area contributed by atoms with Gasteiger partial charge in [0.25, 0.3) is 11.6 Å². The molecule has 1 amide bonds. The molecule has 21 heavy (non-hydrogen) atoms. The van der Waals surface area contributed by atoms with Crippen LogP contribution in [0.25, 0.3) is 0 Å². The van der Waals surface area contributed by atoms with Crippen LogP contribution in [-0.2, 0) is 4.79 Å². The molecule has 0 aromatic heterocycles. The maximum Gasteiger partial charge on any atom is 0.326 e. The van der Waals surface area contributed by atoms with E-state index in [1.165, 1.54) is 23.9 Å². The molecule has 0 saturated carbocycles. The summed E-state index contributed by atoms with van der Waals surface area (Å²) in [4.78, 5) is 33.3. The van der Waals surface area contributed by atoms with Crippen LogP contribution >= 0.6 is 34.4 Å². The van der Waals surface area contributed by atoms with E-state index in [2.05, 4.69) is 5.32 Å². The Morgan fingerprint density at radius 3 is 2.71 bits per heavy atom. The highest BCUT2D eigenvalue weighted by atomic mass is 127. The molecule has 1 aromatic carbocycles. The standard InChI is InChI=1S/C12H13IN2O5S/c1-21-5-4-10(12(17)18)14-11(16)8-6-7(15(19)20)2-3-9(8)13/h2-3,6,10H,4-5H2,1H3,(H,14,16)(H,17,18)/t10-/m0/s1. The van der Waals surface area contributed by atoms with Crippen LogP contribution in [-0.4, -0.2) is 40.0 Å². The molecule has 0 aliphatic rings. The first-order valence-electron chi connectivity index (χ1n) is 5.83. The van der Waals surface area contributed by atoms with E-state index in [0.29, 0.717) is 9.32 Å². The topological polar surface area (TPSA) is 110 Å². The summed E-state index contributed by atoms with van der Waals surface area (Å²) in [5.74, 6) is -1.17. The van der Waals surface area contributed by atoms with E-state index in [-0.39, 0.29) is 17.7 Å². The molecule has 114 valence electrons. The number of amides is 1. The predicted octanol–water partition coefficient (Wildman–Crippen LogP) is 2.14. The second kappa shape index (κ2) is 8.17. The molecule has 0 fully saturated rings. The molecule has 0 heterocycles. The summed E-state index contributed by atoms with van der Waals surface area (Å²) in [6.45, 7) is 0. The van der Waals surface area contributed by atoms with Crippen molar-refractivity contribution in [2.24, 2.45) is 0 Å². The van der Waals surface area contributed by atoms with Gasteiger partial charge in [-0.15, -0.1) is 0 Å². The fraction of sp³-hybridized carbons (Fsp3) is 0.333. The number of halogens is 1. The van der Waals surface area contributed by atoms with E-state index >= 15 is 0 Å². The maximum atomic E-state index is 12.1. The molecule has 0 radical (unpaired) electrons. The minimum atomic E-state index is -1.13. The monoisotopic (exact) mass is 424 g/mol. The number of hydrogen-bond acceptors (Lipinski definition) is 5. The van der Waals surface area contributed by atoms with E-state index in [9.17, 15) is 19.7 Å². The van der Waals surface area contributed by atoms with Crippen LogP contribution in [0.4, 0.5) is 5.69 Å².